The van der Waals surface area contributed by atoms with Gasteiger partial charge in [-0.3, -0.25) is 4.79 Å². The summed E-state index contributed by atoms with van der Waals surface area (Å²) >= 11 is 0. The number of carbonyl (C=O) groups is 2. The molecule has 1 saturated carbocycles. The van der Waals surface area contributed by atoms with Crippen LogP contribution in [0.4, 0.5) is 4.79 Å². The van der Waals surface area contributed by atoms with Crippen LogP contribution < -0.4 is 5.32 Å². The number of nitrogens with one attached hydrogen (secondary N) is 1. The summed E-state index contributed by atoms with van der Waals surface area (Å²) in [6, 6.07) is -0.171. The molecule has 1 aliphatic carbocycles. The lowest BCUT2D eigenvalue weighted by atomic mass is 9.86. The summed E-state index contributed by atoms with van der Waals surface area (Å²) in [6.07, 6.45) is 4.02. The predicted octanol–water partition coefficient (Wildman–Crippen LogP) is 1.45. The van der Waals surface area contributed by atoms with Gasteiger partial charge in [-0.25, -0.2) is 4.79 Å². The molecule has 0 aromatic heterocycles. The molecular formula is C14H24N2O4. The SMILES string of the molecule is CC1CN(C(=O)NCC2(C(=O)O)CCCC2)CCCO1. The van der Waals surface area contributed by atoms with Gasteiger partial charge in [0.2, 0.25) is 0 Å². The van der Waals surface area contributed by atoms with Crippen molar-refractivity contribution in [2.45, 2.75) is 45.1 Å². The second-order valence-corrected chi connectivity index (χ2v) is 5.93. The third-order valence-corrected chi connectivity index (χ3v) is 4.33. The fraction of sp³-hybridized carbons (Fsp3) is 0.857. The van der Waals surface area contributed by atoms with Crippen LogP contribution in [-0.2, 0) is 9.53 Å². The third-order valence-electron chi connectivity index (χ3n) is 4.33. The van der Waals surface area contributed by atoms with Crippen molar-refractivity contribution in [1.29, 1.82) is 0 Å². The maximum atomic E-state index is 12.2. The van der Waals surface area contributed by atoms with Crippen molar-refractivity contribution in [3.05, 3.63) is 0 Å². The van der Waals surface area contributed by atoms with E-state index < -0.39 is 11.4 Å². The molecule has 6 heteroatoms. The van der Waals surface area contributed by atoms with Gasteiger partial charge in [-0.05, 0) is 26.2 Å². The molecule has 1 saturated heterocycles. The topological polar surface area (TPSA) is 78.9 Å². The molecule has 0 spiro atoms. The molecule has 0 bridgehead atoms. The number of carboxylic acids is 1. The highest BCUT2D eigenvalue weighted by molar-refractivity contribution is 5.78. The van der Waals surface area contributed by atoms with Crippen LogP contribution in [0.2, 0.25) is 0 Å². The number of amides is 2. The Bertz CT molecular complexity index is 366. The zero-order valence-corrected chi connectivity index (χ0v) is 12.1. The number of nitrogens with zero attached hydrogens (tertiary/aromatic N) is 1. The van der Waals surface area contributed by atoms with Crippen LogP contribution in [0.1, 0.15) is 39.0 Å². The first kappa shape index (κ1) is 15.1. The van der Waals surface area contributed by atoms with E-state index in [0.29, 0.717) is 32.5 Å². The highest BCUT2D eigenvalue weighted by Gasteiger charge is 2.41. The second kappa shape index (κ2) is 6.43. The van der Waals surface area contributed by atoms with Crippen molar-refractivity contribution < 1.29 is 19.4 Å². The van der Waals surface area contributed by atoms with E-state index in [1.807, 2.05) is 6.92 Å². The zero-order chi connectivity index (χ0) is 14.6. The highest BCUT2D eigenvalue weighted by Crippen LogP contribution is 2.37. The van der Waals surface area contributed by atoms with E-state index in [1.165, 1.54) is 0 Å². The average molecular weight is 284 g/mol. The van der Waals surface area contributed by atoms with Crippen molar-refractivity contribution in [3.8, 4) is 0 Å². The fourth-order valence-corrected chi connectivity index (χ4v) is 3.05. The van der Waals surface area contributed by atoms with Gasteiger partial charge in [-0.15, -0.1) is 0 Å². The smallest absolute Gasteiger partial charge is 0.317 e. The van der Waals surface area contributed by atoms with Crippen LogP contribution >= 0.6 is 0 Å². The number of ether oxygens (including phenoxy) is 1. The first-order chi connectivity index (χ1) is 9.53. The number of carbonyl (C=O) groups excluding carboxylic acids is 1. The Hall–Kier alpha value is -1.30. The lowest BCUT2D eigenvalue weighted by molar-refractivity contribution is -0.148. The zero-order valence-electron chi connectivity index (χ0n) is 12.1. The molecule has 2 N–H and O–H groups in total. The molecule has 2 amide bonds. The minimum atomic E-state index is -0.789. The number of rotatable bonds is 3. The molecular weight excluding hydrogens is 260 g/mol. The van der Waals surface area contributed by atoms with Gasteiger partial charge in [0.25, 0.3) is 0 Å². The van der Waals surface area contributed by atoms with Gasteiger partial charge in [-0.2, -0.15) is 0 Å². The molecule has 0 radical (unpaired) electrons. The first-order valence-electron chi connectivity index (χ1n) is 7.41. The number of urea groups is 1. The molecule has 20 heavy (non-hydrogen) atoms. The number of aliphatic carboxylic acids is 1. The predicted molar refractivity (Wildman–Crippen MR) is 73.5 cm³/mol. The van der Waals surface area contributed by atoms with Gasteiger partial charge >= 0.3 is 12.0 Å². The van der Waals surface area contributed by atoms with Crippen LogP contribution in [-0.4, -0.2) is 54.4 Å². The van der Waals surface area contributed by atoms with Gasteiger partial charge in [0.1, 0.15) is 0 Å². The second-order valence-electron chi connectivity index (χ2n) is 5.93. The van der Waals surface area contributed by atoms with Gasteiger partial charge in [-0.1, -0.05) is 12.8 Å². The highest BCUT2D eigenvalue weighted by atomic mass is 16.5. The van der Waals surface area contributed by atoms with E-state index in [9.17, 15) is 14.7 Å². The monoisotopic (exact) mass is 284 g/mol. The Morgan fingerprint density at radius 1 is 1.35 bits per heavy atom. The van der Waals surface area contributed by atoms with Crippen LogP contribution in [0.3, 0.4) is 0 Å². The van der Waals surface area contributed by atoms with Crippen LogP contribution in [0, 0.1) is 5.41 Å². The van der Waals surface area contributed by atoms with Crippen molar-refractivity contribution in [1.82, 2.24) is 10.2 Å². The minimum absolute atomic E-state index is 0.0307. The Morgan fingerprint density at radius 2 is 2.05 bits per heavy atom. The molecule has 1 aliphatic heterocycles. The quantitative estimate of drug-likeness (QED) is 0.822. The van der Waals surface area contributed by atoms with Crippen LogP contribution in [0.5, 0.6) is 0 Å². The lowest BCUT2D eigenvalue weighted by Crippen LogP contribution is -2.48. The Balaban J connectivity index is 1.89. The summed E-state index contributed by atoms with van der Waals surface area (Å²) in [5.74, 6) is -0.789. The molecule has 6 nitrogen and oxygen atoms in total. The molecule has 2 aliphatic rings. The van der Waals surface area contributed by atoms with E-state index in [1.54, 1.807) is 4.90 Å². The van der Waals surface area contributed by atoms with E-state index >= 15 is 0 Å². The van der Waals surface area contributed by atoms with Gasteiger partial charge in [0.15, 0.2) is 0 Å². The molecule has 2 rings (SSSR count). The fourth-order valence-electron chi connectivity index (χ4n) is 3.05. The Kier molecular flexibility index (Phi) is 4.86. The molecule has 0 aromatic carbocycles. The minimum Gasteiger partial charge on any atom is -0.481 e. The summed E-state index contributed by atoms with van der Waals surface area (Å²) in [5, 5.41) is 12.2. The van der Waals surface area contributed by atoms with Gasteiger partial charge < -0.3 is 20.1 Å². The average Bonchev–Trinajstić information content (AvgIpc) is 2.80. The number of hydrogen-bond donors (Lipinski definition) is 2. The molecule has 1 heterocycles. The van der Waals surface area contributed by atoms with E-state index in [0.717, 1.165) is 19.3 Å². The van der Waals surface area contributed by atoms with E-state index in [4.69, 9.17) is 4.74 Å². The van der Waals surface area contributed by atoms with E-state index in [-0.39, 0.29) is 18.7 Å². The summed E-state index contributed by atoms with van der Waals surface area (Å²) < 4.78 is 5.50. The molecule has 1 atom stereocenters. The summed E-state index contributed by atoms with van der Waals surface area (Å²) in [7, 11) is 0. The van der Waals surface area contributed by atoms with E-state index in [2.05, 4.69) is 5.32 Å². The Labute approximate surface area is 119 Å². The molecule has 0 aromatic rings. The summed E-state index contributed by atoms with van der Waals surface area (Å²) in [5.41, 5.74) is -0.760. The maximum absolute atomic E-state index is 12.2. The summed E-state index contributed by atoms with van der Waals surface area (Å²) in [6.45, 7) is 4.07. The largest absolute Gasteiger partial charge is 0.481 e. The number of carboxylic acid groups (broad SMARTS) is 1. The maximum Gasteiger partial charge on any atom is 0.317 e. The Morgan fingerprint density at radius 3 is 2.70 bits per heavy atom. The standard InChI is InChI=1S/C14H24N2O4/c1-11-9-16(7-4-8-20-11)13(19)15-10-14(12(17)18)5-2-3-6-14/h11H,2-10H2,1H3,(H,15,19)(H,17,18). The third kappa shape index (κ3) is 3.42. The van der Waals surface area contributed by atoms with Crippen LogP contribution in [0.15, 0.2) is 0 Å². The lowest BCUT2D eigenvalue weighted by Gasteiger charge is -2.27. The molecule has 1 unspecified atom stereocenters. The number of hydrogen-bond acceptors (Lipinski definition) is 3. The first-order valence-corrected chi connectivity index (χ1v) is 7.41. The van der Waals surface area contributed by atoms with Crippen molar-refractivity contribution in [3.63, 3.8) is 0 Å². The van der Waals surface area contributed by atoms with Crippen molar-refractivity contribution in [2.75, 3.05) is 26.2 Å². The van der Waals surface area contributed by atoms with Gasteiger partial charge in [0.05, 0.1) is 11.5 Å². The van der Waals surface area contributed by atoms with Gasteiger partial charge in [0, 0.05) is 26.2 Å². The molecule has 2 fully saturated rings. The van der Waals surface area contributed by atoms with Crippen LogP contribution in [0.25, 0.3) is 0 Å². The summed E-state index contributed by atoms with van der Waals surface area (Å²) in [4.78, 5) is 25.3. The molecule has 114 valence electrons. The van der Waals surface area contributed by atoms with Crippen molar-refractivity contribution >= 4 is 12.0 Å². The van der Waals surface area contributed by atoms with Crippen molar-refractivity contribution in [2.24, 2.45) is 5.41 Å². The normalized spacial score (nSPS) is 26.1.